The van der Waals surface area contributed by atoms with Crippen LogP contribution in [0.4, 0.5) is 0 Å². The molecule has 7 heteroatoms. The molecule has 180 valence electrons. The first-order valence-corrected chi connectivity index (χ1v) is 13.0. The van der Waals surface area contributed by atoms with Crippen LogP contribution in [0.2, 0.25) is 0 Å². The van der Waals surface area contributed by atoms with Crippen molar-refractivity contribution < 1.29 is 9.53 Å². The number of thiocarbonyl (C=S) groups is 1. The van der Waals surface area contributed by atoms with Crippen LogP contribution in [-0.2, 0) is 11.3 Å². The normalized spacial score (nSPS) is 14.6. The van der Waals surface area contributed by atoms with Crippen LogP contribution in [0.5, 0.6) is 5.75 Å². The fourth-order valence-corrected chi connectivity index (χ4v) is 5.15. The van der Waals surface area contributed by atoms with E-state index in [1.54, 1.807) is 4.90 Å². The lowest BCUT2D eigenvalue weighted by Crippen LogP contribution is -2.27. The van der Waals surface area contributed by atoms with Crippen LogP contribution in [0.3, 0.4) is 0 Å². The largest absolute Gasteiger partial charge is 0.494 e. The highest BCUT2D eigenvalue weighted by molar-refractivity contribution is 8.26. The number of aromatic nitrogens is 2. The van der Waals surface area contributed by atoms with Gasteiger partial charge in [-0.3, -0.25) is 9.69 Å². The minimum Gasteiger partial charge on any atom is -0.494 e. The lowest BCUT2D eigenvalue weighted by Gasteiger charge is -2.14. The Bertz CT molecular complexity index is 1400. The van der Waals surface area contributed by atoms with Crippen LogP contribution in [0, 0.1) is 0 Å². The van der Waals surface area contributed by atoms with Gasteiger partial charge in [-0.1, -0.05) is 79.4 Å². The topological polar surface area (TPSA) is 47.4 Å². The molecule has 1 amide bonds. The molecule has 0 saturated carbocycles. The highest BCUT2D eigenvalue weighted by atomic mass is 32.2. The molecular formula is C29H25N3O2S2. The third-order valence-electron chi connectivity index (χ3n) is 5.71. The third kappa shape index (κ3) is 5.27. The first-order valence-electron chi connectivity index (χ1n) is 11.8. The maximum atomic E-state index is 13.3. The van der Waals surface area contributed by atoms with E-state index in [4.69, 9.17) is 22.1 Å². The fraction of sp³-hybridized carbons (Fsp3) is 0.138. The van der Waals surface area contributed by atoms with Gasteiger partial charge in [-0.05, 0) is 54.5 Å². The quantitative estimate of drug-likeness (QED) is 0.194. The molecule has 36 heavy (non-hydrogen) atoms. The molecule has 0 unspecified atom stereocenters. The van der Waals surface area contributed by atoms with E-state index in [1.165, 1.54) is 11.8 Å². The Labute approximate surface area is 220 Å². The number of thioether (sulfide) groups is 1. The predicted octanol–water partition coefficient (Wildman–Crippen LogP) is 6.73. The highest BCUT2D eigenvalue weighted by Crippen LogP contribution is 2.36. The predicted molar refractivity (Wildman–Crippen MR) is 150 cm³/mol. The average molecular weight is 512 g/mol. The zero-order valence-corrected chi connectivity index (χ0v) is 21.5. The molecule has 0 radical (unpaired) electrons. The van der Waals surface area contributed by atoms with E-state index in [-0.39, 0.29) is 5.91 Å². The van der Waals surface area contributed by atoms with Crippen molar-refractivity contribution >= 4 is 40.3 Å². The van der Waals surface area contributed by atoms with Gasteiger partial charge < -0.3 is 4.74 Å². The van der Waals surface area contributed by atoms with Crippen molar-refractivity contribution in [1.29, 1.82) is 0 Å². The number of rotatable bonds is 8. The second-order valence-electron chi connectivity index (χ2n) is 8.34. The van der Waals surface area contributed by atoms with Crippen LogP contribution in [0.1, 0.15) is 24.5 Å². The Morgan fingerprint density at radius 1 is 0.972 bits per heavy atom. The molecule has 4 aromatic rings. The summed E-state index contributed by atoms with van der Waals surface area (Å²) >= 11 is 6.89. The van der Waals surface area contributed by atoms with Crippen LogP contribution in [0.25, 0.3) is 23.0 Å². The Morgan fingerprint density at radius 2 is 1.67 bits per heavy atom. The van der Waals surface area contributed by atoms with E-state index >= 15 is 0 Å². The fourth-order valence-electron chi connectivity index (χ4n) is 3.90. The second kappa shape index (κ2) is 10.9. The number of nitrogens with zero attached hydrogens (tertiary/aromatic N) is 3. The summed E-state index contributed by atoms with van der Waals surface area (Å²) in [7, 11) is 0. The summed E-state index contributed by atoms with van der Waals surface area (Å²) in [6, 6.07) is 27.7. The number of carbonyl (C=O) groups excluding carboxylic acids is 1. The van der Waals surface area contributed by atoms with Crippen LogP contribution in [-0.4, -0.2) is 31.5 Å². The van der Waals surface area contributed by atoms with Gasteiger partial charge in [-0.25, -0.2) is 4.68 Å². The van der Waals surface area contributed by atoms with Crippen molar-refractivity contribution in [2.75, 3.05) is 6.61 Å². The van der Waals surface area contributed by atoms with E-state index in [0.717, 1.165) is 40.2 Å². The van der Waals surface area contributed by atoms with Crippen LogP contribution in [0.15, 0.2) is 96.0 Å². The molecule has 0 aliphatic carbocycles. The van der Waals surface area contributed by atoms with E-state index < -0.39 is 0 Å². The maximum absolute atomic E-state index is 13.3. The van der Waals surface area contributed by atoms with E-state index in [1.807, 2.05) is 102 Å². The van der Waals surface area contributed by atoms with Gasteiger partial charge in [-0.15, -0.1) is 0 Å². The molecule has 5 nitrogen and oxygen atoms in total. The van der Waals surface area contributed by atoms with Gasteiger partial charge in [0.2, 0.25) is 0 Å². The van der Waals surface area contributed by atoms with Crippen molar-refractivity contribution in [3.8, 4) is 22.7 Å². The van der Waals surface area contributed by atoms with Gasteiger partial charge in [0.05, 0.1) is 29.4 Å². The second-order valence-corrected chi connectivity index (χ2v) is 10.0. The highest BCUT2D eigenvalue weighted by Gasteiger charge is 2.32. The van der Waals surface area contributed by atoms with Gasteiger partial charge >= 0.3 is 0 Å². The minimum absolute atomic E-state index is 0.0874. The number of amides is 1. The third-order valence-corrected chi connectivity index (χ3v) is 7.09. The standard InChI is InChI=1S/C29H25N3O2S2/c1-2-17-34-25-15-13-22(14-16-25)27-23(20-32(30-27)24-11-7-4-8-12-24)18-26-28(33)31(29(35)36-26)19-21-9-5-3-6-10-21/h3-16,18,20H,2,17,19H2,1H3/b26-18-. The number of ether oxygens (including phenoxy) is 1. The monoisotopic (exact) mass is 511 g/mol. The summed E-state index contributed by atoms with van der Waals surface area (Å²) < 4.78 is 8.14. The number of para-hydroxylation sites is 1. The molecule has 1 fully saturated rings. The number of hydrogen-bond donors (Lipinski definition) is 0. The van der Waals surface area contributed by atoms with E-state index in [9.17, 15) is 4.79 Å². The Hall–Kier alpha value is -3.68. The molecule has 0 atom stereocenters. The Balaban J connectivity index is 1.49. The SMILES string of the molecule is CCCOc1ccc(-c2nn(-c3ccccc3)cc2/C=C2\SC(=S)N(Cc3ccccc3)C2=O)cc1. The number of hydrogen-bond acceptors (Lipinski definition) is 5. The lowest BCUT2D eigenvalue weighted by molar-refractivity contribution is -0.122. The van der Waals surface area contributed by atoms with Crippen molar-refractivity contribution in [2.45, 2.75) is 19.9 Å². The first kappa shape index (κ1) is 24.0. The molecule has 0 spiro atoms. The summed E-state index contributed by atoms with van der Waals surface area (Å²) in [4.78, 5) is 15.5. The zero-order chi connectivity index (χ0) is 24.9. The molecule has 5 rings (SSSR count). The zero-order valence-electron chi connectivity index (χ0n) is 19.8. The lowest BCUT2D eigenvalue weighted by atomic mass is 10.1. The average Bonchev–Trinajstić information content (AvgIpc) is 3.45. The molecule has 1 aliphatic heterocycles. The van der Waals surface area contributed by atoms with Gasteiger partial charge in [0.1, 0.15) is 10.1 Å². The molecule has 1 aromatic heterocycles. The van der Waals surface area contributed by atoms with Crippen molar-refractivity contribution in [3.63, 3.8) is 0 Å². The smallest absolute Gasteiger partial charge is 0.266 e. The Morgan fingerprint density at radius 3 is 2.36 bits per heavy atom. The summed E-state index contributed by atoms with van der Waals surface area (Å²) in [5, 5.41) is 4.88. The van der Waals surface area contributed by atoms with E-state index in [0.29, 0.717) is 22.4 Å². The summed E-state index contributed by atoms with van der Waals surface area (Å²) in [6.07, 6.45) is 4.80. The molecule has 3 aromatic carbocycles. The van der Waals surface area contributed by atoms with Gasteiger partial charge in [-0.2, -0.15) is 5.10 Å². The van der Waals surface area contributed by atoms with Crippen molar-refractivity contribution in [2.24, 2.45) is 0 Å². The Kier molecular flexibility index (Phi) is 7.30. The van der Waals surface area contributed by atoms with Gasteiger partial charge in [0.25, 0.3) is 5.91 Å². The number of benzene rings is 3. The van der Waals surface area contributed by atoms with Crippen LogP contribution >= 0.6 is 24.0 Å². The van der Waals surface area contributed by atoms with Crippen LogP contribution < -0.4 is 4.74 Å². The van der Waals surface area contributed by atoms with Crippen molar-refractivity contribution in [3.05, 3.63) is 107 Å². The van der Waals surface area contributed by atoms with Gasteiger partial charge in [0.15, 0.2) is 0 Å². The van der Waals surface area contributed by atoms with Gasteiger partial charge in [0, 0.05) is 17.3 Å². The first-order chi connectivity index (χ1) is 17.6. The molecule has 0 N–H and O–H groups in total. The minimum atomic E-state index is -0.0874. The molecule has 1 aliphatic rings. The number of carbonyl (C=O) groups is 1. The molecule has 1 saturated heterocycles. The summed E-state index contributed by atoms with van der Waals surface area (Å²) in [5.41, 5.74) is 4.56. The molecule has 0 bridgehead atoms. The van der Waals surface area contributed by atoms with E-state index in [2.05, 4.69) is 6.92 Å². The van der Waals surface area contributed by atoms with Crippen molar-refractivity contribution in [1.82, 2.24) is 14.7 Å². The molecular weight excluding hydrogens is 486 g/mol. The maximum Gasteiger partial charge on any atom is 0.266 e. The summed E-state index contributed by atoms with van der Waals surface area (Å²) in [6.45, 7) is 3.22. The summed E-state index contributed by atoms with van der Waals surface area (Å²) in [5.74, 6) is 0.738. The molecule has 2 heterocycles.